The molecule has 1 fully saturated rings. The molecule has 1 saturated heterocycles. The van der Waals surface area contributed by atoms with Crippen LogP contribution in [0.1, 0.15) is 5.56 Å². The van der Waals surface area contributed by atoms with E-state index in [1.807, 2.05) is 0 Å². The highest BCUT2D eigenvalue weighted by Crippen LogP contribution is 2.36. The van der Waals surface area contributed by atoms with Gasteiger partial charge in [-0.2, -0.15) is 0 Å². The lowest BCUT2D eigenvalue weighted by atomic mass is 10.1. The third kappa shape index (κ3) is 3.09. The monoisotopic (exact) mass is 444 g/mol. The highest BCUT2D eigenvalue weighted by atomic mass is 79.9. The average molecular weight is 445 g/mol. The molecule has 2 aromatic rings. The molecule has 2 heterocycles. The largest absolute Gasteiger partial charge is 0.496 e. The fourth-order valence-electron chi connectivity index (χ4n) is 2.89. The van der Waals surface area contributed by atoms with E-state index in [1.54, 1.807) is 24.3 Å². The van der Waals surface area contributed by atoms with E-state index in [1.165, 1.54) is 25.3 Å². The Labute approximate surface area is 167 Å². The van der Waals surface area contributed by atoms with Gasteiger partial charge in [0.25, 0.3) is 11.8 Å². The maximum atomic E-state index is 13.0. The quantitative estimate of drug-likeness (QED) is 0.577. The number of carbonyl (C=O) groups excluding carboxylic acids is 3. The van der Waals surface area contributed by atoms with Crippen molar-refractivity contribution >= 4 is 45.5 Å². The first-order valence-electron chi connectivity index (χ1n) is 8.12. The topological polar surface area (TPSA) is 94.2 Å². The average Bonchev–Trinajstić information content (AvgIpc) is 3.13. The summed E-state index contributed by atoms with van der Waals surface area (Å²) in [5, 5.41) is 2.18. The Morgan fingerprint density at radius 3 is 2.68 bits per heavy atom. The number of amides is 4. The normalized spacial score (nSPS) is 17.1. The Bertz CT molecular complexity index is 1050. The van der Waals surface area contributed by atoms with Crippen molar-refractivity contribution in [2.24, 2.45) is 0 Å². The zero-order valence-electron chi connectivity index (χ0n) is 14.5. The molecular formula is C19H13BrN2O6. The molecule has 0 radical (unpaired) electrons. The predicted molar refractivity (Wildman–Crippen MR) is 102 cm³/mol. The molecule has 0 unspecified atom stereocenters. The fraction of sp³-hybridized carbons (Fsp3) is 0.105. The number of halogens is 1. The molecule has 2 aromatic carbocycles. The van der Waals surface area contributed by atoms with Crippen LogP contribution in [0.25, 0.3) is 6.08 Å². The summed E-state index contributed by atoms with van der Waals surface area (Å²) in [7, 11) is 1.48. The van der Waals surface area contributed by atoms with Gasteiger partial charge in [-0.3, -0.25) is 14.9 Å². The molecule has 4 rings (SSSR count). The number of hydrogen-bond acceptors (Lipinski definition) is 6. The maximum Gasteiger partial charge on any atom is 0.335 e. The molecule has 0 saturated carbocycles. The summed E-state index contributed by atoms with van der Waals surface area (Å²) in [6.45, 7) is 0.0608. The standard InChI is InChI=1S/C19H13BrN2O6/c1-26-14-4-2-11(20)6-10(14)7-13-17(23)21-19(25)22(18(13)24)12-3-5-15-16(8-12)28-9-27-15/h2-8H,9H2,1H3,(H,21,23,25)/b13-7+. The van der Waals surface area contributed by atoms with Crippen molar-refractivity contribution in [3.63, 3.8) is 0 Å². The number of carbonyl (C=O) groups is 3. The molecule has 0 spiro atoms. The minimum absolute atomic E-state index is 0.0608. The number of methoxy groups -OCH3 is 1. The number of anilines is 1. The third-order valence-electron chi connectivity index (χ3n) is 4.21. The van der Waals surface area contributed by atoms with Gasteiger partial charge in [0.2, 0.25) is 6.79 Å². The van der Waals surface area contributed by atoms with Gasteiger partial charge in [-0.25, -0.2) is 9.69 Å². The Kier molecular flexibility index (Phi) is 4.52. The van der Waals surface area contributed by atoms with Crippen LogP contribution in [0.4, 0.5) is 10.5 Å². The van der Waals surface area contributed by atoms with Gasteiger partial charge >= 0.3 is 6.03 Å². The van der Waals surface area contributed by atoms with E-state index in [-0.39, 0.29) is 18.1 Å². The number of fused-ring (bicyclic) bond motifs is 1. The van der Waals surface area contributed by atoms with Crippen LogP contribution in [0.2, 0.25) is 0 Å². The van der Waals surface area contributed by atoms with Crippen LogP contribution in [0.3, 0.4) is 0 Å². The van der Waals surface area contributed by atoms with Gasteiger partial charge in [-0.15, -0.1) is 0 Å². The van der Waals surface area contributed by atoms with Crippen LogP contribution in [0, 0.1) is 0 Å². The van der Waals surface area contributed by atoms with Gasteiger partial charge in [0, 0.05) is 16.1 Å². The lowest BCUT2D eigenvalue weighted by Crippen LogP contribution is -2.54. The SMILES string of the molecule is COc1ccc(Br)cc1/C=C1\C(=O)NC(=O)N(c2ccc3c(c2)OCO3)C1=O. The number of urea groups is 1. The minimum Gasteiger partial charge on any atom is -0.496 e. The van der Waals surface area contributed by atoms with Crippen molar-refractivity contribution in [3.05, 3.63) is 52.0 Å². The molecule has 9 heteroatoms. The number of nitrogens with zero attached hydrogens (tertiary/aromatic N) is 1. The van der Waals surface area contributed by atoms with Crippen molar-refractivity contribution in [2.75, 3.05) is 18.8 Å². The summed E-state index contributed by atoms with van der Waals surface area (Å²) in [6, 6.07) is 8.97. The number of ether oxygens (including phenoxy) is 3. The molecule has 4 amide bonds. The van der Waals surface area contributed by atoms with E-state index >= 15 is 0 Å². The number of nitrogens with one attached hydrogen (secondary N) is 1. The Morgan fingerprint density at radius 2 is 1.89 bits per heavy atom. The smallest absolute Gasteiger partial charge is 0.335 e. The van der Waals surface area contributed by atoms with Crippen molar-refractivity contribution < 1.29 is 28.6 Å². The number of barbiturate groups is 1. The Hall–Kier alpha value is -3.33. The zero-order valence-corrected chi connectivity index (χ0v) is 16.1. The molecule has 0 aromatic heterocycles. The van der Waals surface area contributed by atoms with Crippen LogP contribution >= 0.6 is 15.9 Å². The molecule has 0 bridgehead atoms. The lowest BCUT2D eigenvalue weighted by Gasteiger charge is -2.26. The second-order valence-electron chi connectivity index (χ2n) is 5.88. The van der Waals surface area contributed by atoms with Crippen LogP contribution in [-0.4, -0.2) is 31.7 Å². The first kappa shape index (κ1) is 18.1. The van der Waals surface area contributed by atoms with Gasteiger partial charge in [0.05, 0.1) is 12.8 Å². The second kappa shape index (κ2) is 7.01. The molecule has 28 heavy (non-hydrogen) atoms. The number of imide groups is 2. The molecule has 8 nitrogen and oxygen atoms in total. The molecule has 0 aliphatic carbocycles. The van der Waals surface area contributed by atoms with Gasteiger partial charge in [0.1, 0.15) is 11.3 Å². The number of hydrogen-bond donors (Lipinski definition) is 1. The van der Waals surface area contributed by atoms with E-state index in [9.17, 15) is 14.4 Å². The molecule has 2 aliphatic heterocycles. The summed E-state index contributed by atoms with van der Waals surface area (Å²) in [4.78, 5) is 38.5. The first-order chi connectivity index (χ1) is 13.5. The molecule has 142 valence electrons. The predicted octanol–water partition coefficient (Wildman–Crippen LogP) is 2.85. The fourth-order valence-corrected chi connectivity index (χ4v) is 3.27. The Morgan fingerprint density at radius 1 is 1.11 bits per heavy atom. The summed E-state index contributed by atoms with van der Waals surface area (Å²) in [5.41, 5.74) is 0.565. The summed E-state index contributed by atoms with van der Waals surface area (Å²) in [5.74, 6) is -0.139. The van der Waals surface area contributed by atoms with Gasteiger partial charge in [-0.1, -0.05) is 15.9 Å². The Balaban J connectivity index is 1.75. The molecular weight excluding hydrogens is 432 g/mol. The van der Waals surface area contributed by atoms with Gasteiger partial charge < -0.3 is 14.2 Å². The minimum atomic E-state index is -0.841. The van der Waals surface area contributed by atoms with Crippen molar-refractivity contribution in [1.29, 1.82) is 0 Å². The second-order valence-corrected chi connectivity index (χ2v) is 6.80. The summed E-state index contributed by atoms with van der Waals surface area (Å²) in [6.07, 6.45) is 1.38. The van der Waals surface area contributed by atoms with Crippen LogP contribution in [0.5, 0.6) is 17.2 Å². The van der Waals surface area contributed by atoms with Crippen molar-refractivity contribution in [3.8, 4) is 17.2 Å². The zero-order chi connectivity index (χ0) is 19.8. The van der Waals surface area contributed by atoms with Crippen LogP contribution in [0.15, 0.2) is 46.4 Å². The van der Waals surface area contributed by atoms with Crippen LogP contribution in [-0.2, 0) is 9.59 Å². The third-order valence-corrected chi connectivity index (χ3v) is 4.70. The van der Waals surface area contributed by atoms with Crippen LogP contribution < -0.4 is 24.4 Å². The lowest BCUT2D eigenvalue weighted by molar-refractivity contribution is -0.122. The first-order valence-corrected chi connectivity index (χ1v) is 8.92. The molecule has 0 atom stereocenters. The highest BCUT2D eigenvalue weighted by Gasteiger charge is 2.37. The van der Waals surface area contributed by atoms with Gasteiger partial charge in [-0.05, 0) is 36.4 Å². The van der Waals surface area contributed by atoms with E-state index < -0.39 is 17.8 Å². The molecule has 1 N–H and O–H groups in total. The summed E-state index contributed by atoms with van der Waals surface area (Å²) < 4.78 is 16.5. The number of rotatable bonds is 3. The van der Waals surface area contributed by atoms with Gasteiger partial charge in [0.15, 0.2) is 11.5 Å². The maximum absolute atomic E-state index is 13.0. The van der Waals surface area contributed by atoms with E-state index in [2.05, 4.69) is 21.2 Å². The highest BCUT2D eigenvalue weighted by molar-refractivity contribution is 9.10. The van der Waals surface area contributed by atoms with Crippen molar-refractivity contribution in [1.82, 2.24) is 5.32 Å². The molecule has 2 aliphatic rings. The van der Waals surface area contributed by atoms with Crippen molar-refractivity contribution in [2.45, 2.75) is 0 Å². The van der Waals surface area contributed by atoms with E-state index in [0.29, 0.717) is 22.8 Å². The number of benzene rings is 2. The van der Waals surface area contributed by atoms with E-state index in [4.69, 9.17) is 14.2 Å². The summed E-state index contributed by atoms with van der Waals surface area (Å²) >= 11 is 3.35. The van der Waals surface area contributed by atoms with E-state index in [0.717, 1.165) is 9.37 Å².